The highest BCUT2D eigenvalue weighted by molar-refractivity contribution is 8.00. The zero-order valence-corrected chi connectivity index (χ0v) is 22.7. The molecule has 0 radical (unpaired) electrons. The monoisotopic (exact) mass is 544 g/mol. The SMILES string of the molecule is COc1cc(-c2nnc3n2CCCC3(Sc2ccc(Cl)c(Cl)c2)C(C)(C)O)ccc1-c1cnc(C)o1. The van der Waals surface area contributed by atoms with Gasteiger partial charge in [0, 0.05) is 23.9 Å². The van der Waals surface area contributed by atoms with Crippen LogP contribution in [0.15, 0.2) is 51.9 Å². The summed E-state index contributed by atoms with van der Waals surface area (Å²) >= 11 is 14.0. The van der Waals surface area contributed by atoms with Gasteiger partial charge in [-0.1, -0.05) is 29.3 Å². The maximum Gasteiger partial charge on any atom is 0.191 e. The first-order valence-electron chi connectivity index (χ1n) is 11.5. The smallest absolute Gasteiger partial charge is 0.191 e. The van der Waals surface area contributed by atoms with Gasteiger partial charge in [-0.05, 0) is 57.0 Å². The van der Waals surface area contributed by atoms with E-state index in [4.69, 9.17) is 32.4 Å². The molecule has 3 heterocycles. The van der Waals surface area contributed by atoms with Crippen molar-refractivity contribution in [3.05, 3.63) is 64.4 Å². The van der Waals surface area contributed by atoms with E-state index in [1.807, 2.05) is 44.2 Å². The van der Waals surface area contributed by atoms with E-state index < -0.39 is 10.3 Å². The van der Waals surface area contributed by atoms with E-state index in [1.54, 1.807) is 38.1 Å². The molecular weight excluding hydrogens is 519 g/mol. The number of methoxy groups -OCH3 is 1. The van der Waals surface area contributed by atoms with Crippen LogP contribution in [0.2, 0.25) is 10.0 Å². The van der Waals surface area contributed by atoms with Crippen molar-refractivity contribution < 1.29 is 14.3 Å². The Kier molecular flexibility index (Phi) is 6.57. The lowest BCUT2D eigenvalue weighted by atomic mass is 9.83. The van der Waals surface area contributed by atoms with Crippen LogP contribution in [0.3, 0.4) is 0 Å². The molecule has 1 N–H and O–H groups in total. The van der Waals surface area contributed by atoms with Crippen LogP contribution in [0.5, 0.6) is 5.75 Å². The number of aryl methyl sites for hydroxylation is 1. The highest BCUT2D eigenvalue weighted by Gasteiger charge is 2.52. The second-order valence-electron chi connectivity index (χ2n) is 9.33. The number of aromatic nitrogens is 4. The predicted molar refractivity (Wildman–Crippen MR) is 142 cm³/mol. The van der Waals surface area contributed by atoms with Crippen LogP contribution in [0.1, 0.15) is 38.4 Å². The molecule has 0 saturated heterocycles. The molecule has 0 aliphatic carbocycles. The maximum absolute atomic E-state index is 11.5. The van der Waals surface area contributed by atoms with Gasteiger partial charge in [0.25, 0.3) is 0 Å². The summed E-state index contributed by atoms with van der Waals surface area (Å²) in [5.74, 6) is 3.31. The Morgan fingerprint density at radius 2 is 1.94 bits per heavy atom. The van der Waals surface area contributed by atoms with Crippen molar-refractivity contribution in [1.82, 2.24) is 19.7 Å². The molecule has 0 spiro atoms. The lowest BCUT2D eigenvalue weighted by Crippen LogP contribution is -2.48. The number of hydrogen-bond acceptors (Lipinski definition) is 7. The zero-order valence-electron chi connectivity index (χ0n) is 20.4. The number of thioether (sulfide) groups is 1. The second kappa shape index (κ2) is 9.41. The average molecular weight is 545 g/mol. The Labute approximate surface area is 223 Å². The molecule has 0 amide bonds. The first-order chi connectivity index (χ1) is 17.1. The third-order valence-corrected chi connectivity index (χ3v) is 9.00. The van der Waals surface area contributed by atoms with E-state index in [0.717, 1.165) is 41.2 Å². The summed E-state index contributed by atoms with van der Waals surface area (Å²) in [5, 5.41) is 21.6. The fourth-order valence-electron chi connectivity index (χ4n) is 4.69. The number of oxazole rings is 1. The number of benzene rings is 2. The van der Waals surface area contributed by atoms with Crippen LogP contribution in [-0.2, 0) is 11.3 Å². The lowest BCUT2D eigenvalue weighted by molar-refractivity contribution is 0.0201. The van der Waals surface area contributed by atoms with E-state index in [9.17, 15) is 5.11 Å². The molecule has 0 bridgehead atoms. The van der Waals surface area contributed by atoms with Gasteiger partial charge in [0.15, 0.2) is 23.3 Å². The van der Waals surface area contributed by atoms with Gasteiger partial charge >= 0.3 is 0 Å². The Morgan fingerprint density at radius 1 is 1.14 bits per heavy atom. The fraction of sp³-hybridized carbons (Fsp3) is 0.346. The minimum absolute atomic E-state index is 0.472. The van der Waals surface area contributed by atoms with Gasteiger partial charge < -0.3 is 18.8 Å². The summed E-state index contributed by atoms with van der Waals surface area (Å²) in [7, 11) is 1.62. The molecule has 1 aliphatic rings. The number of fused-ring (bicyclic) bond motifs is 1. The quantitative estimate of drug-likeness (QED) is 0.286. The first kappa shape index (κ1) is 25.1. The summed E-state index contributed by atoms with van der Waals surface area (Å²) in [6.07, 6.45) is 3.26. The number of aliphatic hydroxyl groups is 1. The topological polar surface area (TPSA) is 86.2 Å². The molecular formula is C26H26Cl2N4O3S. The first-order valence-corrected chi connectivity index (χ1v) is 13.1. The van der Waals surface area contributed by atoms with E-state index in [1.165, 1.54) is 0 Å². The zero-order chi connectivity index (χ0) is 25.7. The molecule has 2 aromatic heterocycles. The highest BCUT2D eigenvalue weighted by atomic mass is 35.5. The van der Waals surface area contributed by atoms with Crippen molar-refractivity contribution in [1.29, 1.82) is 0 Å². The maximum atomic E-state index is 11.5. The normalized spacial score (nSPS) is 17.8. The third-order valence-electron chi connectivity index (χ3n) is 6.54. The van der Waals surface area contributed by atoms with Crippen molar-refractivity contribution >= 4 is 35.0 Å². The number of halogens is 2. The van der Waals surface area contributed by atoms with Gasteiger partial charge in [-0.2, -0.15) is 0 Å². The molecule has 1 unspecified atom stereocenters. The Balaban J connectivity index is 1.59. The van der Waals surface area contributed by atoms with Crippen molar-refractivity contribution in [2.75, 3.05) is 7.11 Å². The summed E-state index contributed by atoms with van der Waals surface area (Å²) in [5.41, 5.74) is 0.565. The van der Waals surface area contributed by atoms with Crippen LogP contribution in [0.25, 0.3) is 22.7 Å². The Morgan fingerprint density at radius 3 is 2.61 bits per heavy atom. The van der Waals surface area contributed by atoms with Gasteiger partial charge in [-0.15, -0.1) is 22.0 Å². The second-order valence-corrected chi connectivity index (χ2v) is 11.5. The van der Waals surface area contributed by atoms with Gasteiger partial charge in [-0.25, -0.2) is 4.98 Å². The molecule has 1 atom stereocenters. The van der Waals surface area contributed by atoms with E-state index in [0.29, 0.717) is 33.3 Å². The van der Waals surface area contributed by atoms with Crippen LogP contribution < -0.4 is 4.74 Å². The summed E-state index contributed by atoms with van der Waals surface area (Å²) in [6.45, 7) is 6.18. The predicted octanol–water partition coefficient (Wildman–Crippen LogP) is 6.78. The van der Waals surface area contributed by atoms with Crippen molar-refractivity contribution in [3.8, 4) is 28.5 Å². The van der Waals surface area contributed by atoms with Crippen molar-refractivity contribution in [2.45, 2.75) is 55.4 Å². The van der Waals surface area contributed by atoms with Crippen LogP contribution in [-0.4, -0.2) is 37.6 Å². The van der Waals surface area contributed by atoms with Crippen LogP contribution >= 0.6 is 35.0 Å². The molecule has 0 fully saturated rings. The van der Waals surface area contributed by atoms with Gasteiger partial charge in [0.2, 0.25) is 0 Å². The Hall–Kier alpha value is -2.52. The van der Waals surface area contributed by atoms with Crippen molar-refractivity contribution in [3.63, 3.8) is 0 Å². The average Bonchev–Trinajstić information content (AvgIpc) is 3.47. The molecule has 5 rings (SSSR count). The van der Waals surface area contributed by atoms with E-state index >= 15 is 0 Å². The molecule has 36 heavy (non-hydrogen) atoms. The number of nitrogens with zero attached hydrogens (tertiary/aromatic N) is 4. The van der Waals surface area contributed by atoms with Gasteiger partial charge in [-0.3, -0.25) is 0 Å². The minimum Gasteiger partial charge on any atom is -0.496 e. The third kappa shape index (κ3) is 4.30. The Bertz CT molecular complexity index is 1430. The number of hydrogen-bond donors (Lipinski definition) is 1. The van der Waals surface area contributed by atoms with Gasteiger partial charge in [0.05, 0.1) is 34.5 Å². The van der Waals surface area contributed by atoms with E-state index in [2.05, 4.69) is 19.7 Å². The summed E-state index contributed by atoms with van der Waals surface area (Å²) < 4.78 is 12.7. The largest absolute Gasteiger partial charge is 0.496 e. The van der Waals surface area contributed by atoms with Crippen LogP contribution in [0, 0.1) is 6.92 Å². The molecule has 7 nitrogen and oxygen atoms in total. The molecule has 2 aromatic carbocycles. The van der Waals surface area contributed by atoms with Crippen molar-refractivity contribution in [2.24, 2.45) is 0 Å². The lowest BCUT2D eigenvalue weighted by Gasteiger charge is -2.44. The molecule has 0 saturated carbocycles. The molecule has 188 valence electrons. The number of rotatable bonds is 6. The molecule has 10 heteroatoms. The standard InChI is InChI=1S/C26H26Cl2N4O3S/c1-15-29-14-22(35-15)18-8-6-16(12-21(18)34-4)23-30-31-24-26(25(2,3)33,10-5-11-32(23)24)36-17-7-9-19(27)20(28)13-17/h6-9,12-14,33H,5,10-11H2,1-4H3. The highest BCUT2D eigenvalue weighted by Crippen LogP contribution is 2.54. The number of ether oxygens (including phenoxy) is 1. The molecule has 4 aromatic rings. The van der Waals surface area contributed by atoms with E-state index in [-0.39, 0.29) is 0 Å². The van der Waals surface area contributed by atoms with Gasteiger partial charge in [0.1, 0.15) is 10.5 Å². The minimum atomic E-state index is -1.10. The fourth-order valence-corrected chi connectivity index (χ4v) is 6.50. The molecule has 1 aliphatic heterocycles. The summed E-state index contributed by atoms with van der Waals surface area (Å²) in [6, 6.07) is 11.3. The summed E-state index contributed by atoms with van der Waals surface area (Å²) in [4.78, 5) is 5.09. The van der Waals surface area contributed by atoms with Crippen LogP contribution in [0.4, 0.5) is 0 Å².